The lowest BCUT2D eigenvalue weighted by molar-refractivity contribution is 0.0594. The van der Waals surface area contributed by atoms with Crippen LogP contribution < -0.4 is 15.2 Å². The maximum atomic E-state index is 13.6. The van der Waals surface area contributed by atoms with Crippen molar-refractivity contribution in [3.05, 3.63) is 34.7 Å². The lowest BCUT2D eigenvalue weighted by Crippen LogP contribution is -2.08. The molecule has 2 aromatic rings. The van der Waals surface area contributed by atoms with Crippen LogP contribution in [-0.4, -0.2) is 24.9 Å². The SMILES string of the molecule is COC(=O)c1nc(-c2ccc(F)c3c2OCO3)cc(N)c1Cl. The first-order valence-corrected chi connectivity index (χ1v) is 6.53. The van der Waals surface area contributed by atoms with E-state index in [9.17, 15) is 9.18 Å². The van der Waals surface area contributed by atoms with Crippen molar-refractivity contribution in [2.24, 2.45) is 0 Å². The van der Waals surface area contributed by atoms with E-state index in [4.69, 9.17) is 26.8 Å². The maximum absolute atomic E-state index is 13.6. The number of hydrogen-bond donors (Lipinski definition) is 1. The van der Waals surface area contributed by atoms with E-state index in [0.29, 0.717) is 11.3 Å². The summed E-state index contributed by atoms with van der Waals surface area (Å²) in [5.41, 5.74) is 6.54. The van der Waals surface area contributed by atoms with Gasteiger partial charge in [0.2, 0.25) is 12.5 Å². The molecule has 0 saturated heterocycles. The first-order chi connectivity index (χ1) is 10.5. The predicted molar refractivity (Wildman–Crippen MR) is 76.5 cm³/mol. The Balaban J connectivity index is 2.20. The zero-order valence-corrected chi connectivity index (χ0v) is 12.1. The number of ether oxygens (including phenoxy) is 3. The average molecular weight is 325 g/mol. The Morgan fingerprint density at radius 2 is 2.14 bits per heavy atom. The van der Waals surface area contributed by atoms with E-state index in [1.54, 1.807) is 0 Å². The van der Waals surface area contributed by atoms with E-state index >= 15 is 0 Å². The smallest absolute Gasteiger partial charge is 0.358 e. The third kappa shape index (κ3) is 2.19. The van der Waals surface area contributed by atoms with Gasteiger partial charge in [-0.1, -0.05) is 11.6 Å². The molecule has 0 aliphatic carbocycles. The van der Waals surface area contributed by atoms with E-state index in [-0.39, 0.29) is 34.7 Å². The summed E-state index contributed by atoms with van der Waals surface area (Å²) in [7, 11) is 1.20. The van der Waals surface area contributed by atoms with Gasteiger partial charge < -0.3 is 19.9 Å². The summed E-state index contributed by atoms with van der Waals surface area (Å²) >= 11 is 5.96. The van der Waals surface area contributed by atoms with Crippen molar-refractivity contribution < 1.29 is 23.4 Å². The number of hydrogen-bond acceptors (Lipinski definition) is 6. The molecule has 0 fully saturated rings. The summed E-state index contributed by atoms with van der Waals surface area (Å²) in [5, 5.41) is -0.00785. The van der Waals surface area contributed by atoms with Crippen LogP contribution in [0.25, 0.3) is 11.3 Å². The van der Waals surface area contributed by atoms with Crippen molar-refractivity contribution in [1.29, 1.82) is 0 Å². The van der Waals surface area contributed by atoms with Gasteiger partial charge in [0.25, 0.3) is 0 Å². The van der Waals surface area contributed by atoms with Gasteiger partial charge in [-0.2, -0.15) is 0 Å². The number of benzene rings is 1. The number of aromatic nitrogens is 1. The Bertz CT molecular complexity index is 782. The lowest BCUT2D eigenvalue weighted by Gasteiger charge is -2.10. The number of carbonyl (C=O) groups excluding carboxylic acids is 1. The first-order valence-electron chi connectivity index (χ1n) is 6.15. The lowest BCUT2D eigenvalue weighted by atomic mass is 10.1. The Hall–Kier alpha value is -2.54. The van der Waals surface area contributed by atoms with Gasteiger partial charge in [0.1, 0.15) is 0 Å². The highest BCUT2D eigenvalue weighted by atomic mass is 35.5. The third-order valence-corrected chi connectivity index (χ3v) is 3.51. The molecule has 1 aliphatic rings. The van der Waals surface area contributed by atoms with Gasteiger partial charge in [-0.05, 0) is 18.2 Å². The molecule has 0 atom stereocenters. The Kier molecular flexibility index (Phi) is 3.50. The molecule has 3 rings (SSSR count). The van der Waals surface area contributed by atoms with Crippen molar-refractivity contribution in [3.63, 3.8) is 0 Å². The number of anilines is 1. The van der Waals surface area contributed by atoms with Crippen molar-refractivity contribution in [3.8, 4) is 22.8 Å². The number of nitrogen functional groups attached to an aromatic ring is 1. The molecule has 0 unspecified atom stereocenters. The molecule has 0 spiro atoms. The number of halogens is 2. The van der Waals surface area contributed by atoms with Gasteiger partial charge in [-0.25, -0.2) is 14.2 Å². The number of carbonyl (C=O) groups is 1. The molecule has 1 aromatic heterocycles. The molecule has 0 radical (unpaired) electrons. The van der Waals surface area contributed by atoms with Gasteiger partial charge in [0.05, 0.1) is 23.5 Å². The van der Waals surface area contributed by atoms with E-state index in [1.807, 2.05) is 0 Å². The molecule has 2 N–H and O–H groups in total. The summed E-state index contributed by atoms with van der Waals surface area (Å²) in [4.78, 5) is 15.9. The van der Waals surface area contributed by atoms with E-state index in [1.165, 1.54) is 25.3 Å². The van der Waals surface area contributed by atoms with Crippen LogP contribution in [-0.2, 0) is 4.74 Å². The van der Waals surface area contributed by atoms with Crippen molar-refractivity contribution in [2.75, 3.05) is 19.6 Å². The molecule has 114 valence electrons. The van der Waals surface area contributed by atoms with Gasteiger partial charge in [-0.15, -0.1) is 0 Å². The number of pyridine rings is 1. The molecule has 1 aliphatic heterocycles. The molecule has 1 aromatic carbocycles. The summed E-state index contributed by atoms with van der Waals surface area (Å²) in [5.74, 6) is -1.08. The second-order valence-electron chi connectivity index (χ2n) is 4.41. The van der Waals surface area contributed by atoms with Crippen LogP contribution >= 0.6 is 11.6 Å². The zero-order chi connectivity index (χ0) is 15.9. The fourth-order valence-electron chi connectivity index (χ4n) is 2.08. The van der Waals surface area contributed by atoms with Gasteiger partial charge in [0.15, 0.2) is 17.3 Å². The molecule has 8 heteroatoms. The number of esters is 1. The van der Waals surface area contributed by atoms with Gasteiger partial charge in [0, 0.05) is 5.56 Å². The highest BCUT2D eigenvalue weighted by molar-refractivity contribution is 6.35. The third-order valence-electron chi connectivity index (χ3n) is 3.11. The second-order valence-corrected chi connectivity index (χ2v) is 4.79. The molecule has 0 saturated carbocycles. The molecule has 0 bridgehead atoms. The van der Waals surface area contributed by atoms with Crippen LogP contribution in [0.1, 0.15) is 10.5 Å². The van der Waals surface area contributed by atoms with Crippen molar-refractivity contribution in [2.45, 2.75) is 0 Å². The number of rotatable bonds is 2. The molecule has 6 nitrogen and oxygen atoms in total. The topological polar surface area (TPSA) is 83.7 Å². The number of fused-ring (bicyclic) bond motifs is 1. The molecule has 0 amide bonds. The normalized spacial score (nSPS) is 12.3. The quantitative estimate of drug-likeness (QED) is 0.855. The van der Waals surface area contributed by atoms with Crippen LogP contribution in [0.3, 0.4) is 0 Å². The highest BCUT2D eigenvalue weighted by Crippen LogP contribution is 2.43. The summed E-state index contributed by atoms with van der Waals surface area (Å²) in [6, 6.07) is 4.14. The van der Waals surface area contributed by atoms with Crippen LogP contribution in [0.15, 0.2) is 18.2 Å². The minimum atomic E-state index is -0.727. The largest absolute Gasteiger partial charge is 0.464 e. The number of methoxy groups -OCH3 is 1. The van der Waals surface area contributed by atoms with E-state index in [2.05, 4.69) is 9.72 Å². The highest BCUT2D eigenvalue weighted by Gasteiger charge is 2.25. The van der Waals surface area contributed by atoms with Gasteiger partial charge in [-0.3, -0.25) is 0 Å². The summed E-state index contributed by atoms with van der Waals surface area (Å²) in [6.07, 6.45) is 0. The van der Waals surface area contributed by atoms with Crippen LogP contribution in [0.2, 0.25) is 5.02 Å². The average Bonchev–Trinajstić information content (AvgIpc) is 3.00. The molecular weight excluding hydrogens is 315 g/mol. The molecule has 2 heterocycles. The minimum absolute atomic E-state index is 0.00700. The van der Waals surface area contributed by atoms with Crippen LogP contribution in [0.5, 0.6) is 11.5 Å². The standard InChI is InChI=1S/C14H10ClFN2O4/c1-20-14(19)11-10(15)8(17)4-9(18-11)6-2-3-7(16)13-12(6)21-5-22-13/h2-4H,5H2,1H3,(H2,17,18). The van der Waals surface area contributed by atoms with Gasteiger partial charge >= 0.3 is 5.97 Å². The maximum Gasteiger partial charge on any atom is 0.358 e. The monoisotopic (exact) mass is 324 g/mol. The van der Waals surface area contributed by atoms with Crippen molar-refractivity contribution in [1.82, 2.24) is 4.98 Å². The summed E-state index contributed by atoms with van der Waals surface area (Å²) in [6.45, 7) is -0.101. The predicted octanol–water partition coefficient (Wildman–Crippen LogP) is 2.64. The first kappa shape index (κ1) is 14.4. The molecular formula is C14H10ClFN2O4. The van der Waals surface area contributed by atoms with Crippen LogP contribution in [0.4, 0.5) is 10.1 Å². The van der Waals surface area contributed by atoms with Crippen LogP contribution in [0, 0.1) is 5.82 Å². The zero-order valence-electron chi connectivity index (χ0n) is 11.4. The Morgan fingerprint density at radius 1 is 1.41 bits per heavy atom. The van der Waals surface area contributed by atoms with Crippen molar-refractivity contribution >= 4 is 23.3 Å². The summed E-state index contributed by atoms with van der Waals surface area (Å²) < 4.78 is 28.6. The Morgan fingerprint density at radius 3 is 2.86 bits per heavy atom. The fraction of sp³-hybridized carbons (Fsp3) is 0.143. The number of nitrogens with zero attached hydrogens (tertiary/aromatic N) is 1. The Labute approximate surface area is 129 Å². The fourth-order valence-corrected chi connectivity index (χ4v) is 2.26. The molecule has 22 heavy (non-hydrogen) atoms. The van der Waals surface area contributed by atoms with E-state index in [0.717, 1.165) is 0 Å². The number of nitrogens with two attached hydrogens (primary N) is 1. The second kappa shape index (κ2) is 5.34. The minimum Gasteiger partial charge on any atom is -0.464 e. The van der Waals surface area contributed by atoms with E-state index < -0.39 is 11.8 Å².